The molecule has 0 unspecified atom stereocenters. The number of rotatable bonds is 6. The number of halogens is 3. The van der Waals surface area contributed by atoms with E-state index in [-0.39, 0.29) is 31.1 Å². The first-order valence-corrected chi connectivity index (χ1v) is 14.5. The minimum Gasteiger partial charge on any atom is -0.508 e. The highest BCUT2D eigenvalue weighted by Gasteiger charge is 2.64. The Hall–Kier alpha value is -3.46. The topological polar surface area (TPSA) is 185 Å². The van der Waals surface area contributed by atoms with Crippen molar-refractivity contribution in [2.24, 2.45) is 23.5 Å². The number of amides is 1. The summed E-state index contributed by atoms with van der Waals surface area (Å²) in [6.07, 6.45) is -3.65. The Morgan fingerprint density at radius 3 is 2.34 bits per heavy atom. The summed E-state index contributed by atoms with van der Waals surface area (Å²) < 4.78 is 44.3. The van der Waals surface area contributed by atoms with Crippen LogP contribution in [0.3, 0.4) is 0 Å². The van der Waals surface area contributed by atoms with E-state index < -0.39 is 98.7 Å². The number of benzene rings is 1. The van der Waals surface area contributed by atoms with Gasteiger partial charge in [-0.1, -0.05) is 0 Å². The van der Waals surface area contributed by atoms with E-state index in [2.05, 4.69) is 0 Å². The first-order valence-electron chi connectivity index (χ1n) is 14.5. The van der Waals surface area contributed by atoms with Gasteiger partial charge in [0.2, 0.25) is 5.78 Å². The largest absolute Gasteiger partial charge is 0.508 e. The van der Waals surface area contributed by atoms with Crippen molar-refractivity contribution in [3.05, 3.63) is 45.2 Å². The fraction of sp³-hybridized carbons (Fsp3) is 0.567. The predicted octanol–water partition coefficient (Wildman–Crippen LogP) is 1.58. The first kappa shape index (κ1) is 31.9. The van der Waals surface area contributed by atoms with Crippen molar-refractivity contribution >= 4 is 23.2 Å². The van der Waals surface area contributed by atoms with Gasteiger partial charge in [0.05, 0.1) is 17.2 Å². The number of nitrogens with two attached hydrogens (primary N) is 1. The van der Waals surface area contributed by atoms with Gasteiger partial charge in [-0.15, -0.1) is 0 Å². The zero-order valence-corrected chi connectivity index (χ0v) is 24.3. The SMILES string of the molecule is CN(C)[C@@H]1C(=O)C(C(N)=O)=C(O)[C@@]2(O)C(=O)C3=C(O)c4c(O)cc(CN5CCC(CCO)CC5)c(C(F)(F)F)c4C[C@H]3C[C@@H]12. The molecule has 240 valence electrons. The number of Topliss-reactive ketones (excluding diaryl/α,β-unsaturated/α-hetero) is 2. The average Bonchev–Trinajstić information content (AvgIpc) is 2.90. The normalized spacial score (nSPS) is 28.3. The Morgan fingerprint density at radius 1 is 1.16 bits per heavy atom. The summed E-state index contributed by atoms with van der Waals surface area (Å²) in [6, 6.07) is -0.420. The molecule has 5 rings (SSSR count). The number of fused-ring (bicyclic) bond motifs is 3. The lowest BCUT2D eigenvalue weighted by atomic mass is 9.57. The number of aliphatic hydroxyl groups excluding tert-OH is 3. The molecular weight excluding hydrogens is 587 g/mol. The van der Waals surface area contributed by atoms with Crippen LogP contribution in [0.5, 0.6) is 5.75 Å². The van der Waals surface area contributed by atoms with E-state index in [0.29, 0.717) is 32.4 Å². The number of alkyl halides is 3. The van der Waals surface area contributed by atoms with Crippen LogP contribution in [-0.2, 0) is 33.5 Å². The van der Waals surface area contributed by atoms with Crippen LogP contribution < -0.4 is 5.73 Å². The fourth-order valence-corrected chi connectivity index (χ4v) is 7.72. The van der Waals surface area contributed by atoms with Gasteiger partial charge < -0.3 is 31.3 Å². The summed E-state index contributed by atoms with van der Waals surface area (Å²) >= 11 is 0. The third-order valence-electron chi connectivity index (χ3n) is 9.73. The molecule has 0 radical (unpaired) electrons. The van der Waals surface area contributed by atoms with Gasteiger partial charge in [-0.25, -0.2) is 0 Å². The van der Waals surface area contributed by atoms with Gasteiger partial charge in [-0.05, 0) is 88.3 Å². The number of phenolic OH excluding ortho intramolecular Hbond substituents is 1. The number of likely N-dealkylation sites (tertiary alicyclic amines) is 1. The first-order chi connectivity index (χ1) is 20.5. The Balaban J connectivity index is 1.63. The Morgan fingerprint density at radius 2 is 1.80 bits per heavy atom. The molecule has 7 N–H and O–H groups in total. The van der Waals surface area contributed by atoms with Crippen molar-refractivity contribution in [2.75, 3.05) is 33.8 Å². The predicted molar refractivity (Wildman–Crippen MR) is 149 cm³/mol. The summed E-state index contributed by atoms with van der Waals surface area (Å²) in [4.78, 5) is 42.4. The summed E-state index contributed by atoms with van der Waals surface area (Å²) in [5, 5.41) is 54.1. The van der Waals surface area contributed by atoms with E-state index in [1.807, 2.05) is 4.90 Å². The number of hydrogen-bond donors (Lipinski definition) is 6. The number of likely N-dealkylation sites (N-methyl/N-ethyl adjacent to an activating group) is 1. The molecule has 1 saturated carbocycles. The molecule has 44 heavy (non-hydrogen) atoms. The fourth-order valence-electron chi connectivity index (χ4n) is 7.72. The molecule has 1 aliphatic heterocycles. The average molecular weight is 624 g/mol. The van der Waals surface area contributed by atoms with Crippen molar-refractivity contribution in [2.45, 2.75) is 56.5 Å². The van der Waals surface area contributed by atoms with Crippen LogP contribution in [-0.4, -0.2) is 98.2 Å². The number of piperidine rings is 1. The number of primary amides is 1. The van der Waals surface area contributed by atoms with Crippen LogP contribution in [0.15, 0.2) is 23.0 Å². The molecule has 11 nitrogen and oxygen atoms in total. The van der Waals surface area contributed by atoms with Crippen LogP contribution >= 0.6 is 0 Å². The van der Waals surface area contributed by atoms with Gasteiger partial charge >= 0.3 is 6.18 Å². The highest BCUT2D eigenvalue weighted by atomic mass is 19.4. The number of hydrogen-bond acceptors (Lipinski definition) is 10. The summed E-state index contributed by atoms with van der Waals surface area (Å²) in [5.41, 5.74) is -1.31. The van der Waals surface area contributed by atoms with Crippen LogP contribution in [0.1, 0.15) is 47.9 Å². The molecule has 0 aromatic heterocycles. The number of ketones is 2. The molecule has 1 saturated heterocycles. The summed E-state index contributed by atoms with van der Waals surface area (Å²) in [6.45, 7) is 0.901. The molecule has 1 aromatic carbocycles. The van der Waals surface area contributed by atoms with E-state index >= 15 is 0 Å². The molecule has 1 aromatic rings. The lowest BCUT2D eigenvalue weighted by Crippen LogP contribution is -2.65. The van der Waals surface area contributed by atoms with E-state index in [1.54, 1.807) is 0 Å². The molecule has 3 aliphatic carbocycles. The lowest BCUT2D eigenvalue weighted by Gasteiger charge is -2.50. The van der Waals surface area contributed by atoms with Gasteiger partial charge in [-0.3, -0.25) is 24.2 Å². The van der Waals surface area contributed by atoms with Crippen molar-refractivity contribution in [3.63, 3.8) is 0 Å². The van der Waals surface area contributed by atoms with Gasteiger partial charge in [0, 0.05) is 24.6 Å². The minimum atomic E-state index is -4.90. The summed E-state index contributed by atoms with van der Waals surface area (Å²) in [7, 11) is 2.87. The molecule has 14 heteroatoms. The van der Waals surface area contributed by atoms with E-state index in [1.165, 1.54) is 19.0 Å². The van der Waals surface area contributed by atoms with Gasteiger partial charge in [-0.2, -0.15) is 13.2 Å². The monoisotopic (exact) mass is 623 g/mol. The third-order valence-corrected chi connectivity index (χ3v) is 9.73. The standard InChI is InChI=1S/C30H36F3N3O8/c1-35(2)23-17-10-14-9-16-20(24(39)19(14)26(41)29(17,44)27(42)21(25(23)40)28(34)43)18(38)11-15(22(16)30(31,32)33)12-36-6-3-13(4-7-36)5-8-37/h11,13-14,17,23,37-39,42,44H,3-10,12H2,1-2H3,(H2,34,43)/t14-,17-,23-,29-/m0/s1. The Kier molecular flexibility index (Phi) is 8.10. The van der Waals surface area contributed by atoms with E-state index in [9.17, 15) is 53.1 Å². The molecule has 1 heterocycles. The number of phenols is 1. The zero-order chi connectivity index (χ0) is 32.5. The number of carbonyl (C=O) groups is 3. The van der Waals surface area contributed by atoms with Gasteiger partial charge in [0.1, 0.15) is 22.8 Å². The number of carbonyl (C=O) groups excluding carboxylic acids is 3. The molecule has 0 spiro atoms. The second kappa shape index (κ2) is 11.2. The highest BCUT2D eigenvalue weighted by Crippen LogP contribution is 2.54. The van der Waals surface area contributed by atoms with Crippen LogP contribution in [0, 0.1) is 17.8 Å². The van der Waals surface area contributed by atoms with Crippen molar-refractivity contribution in [1.82, 2.24) is 9.80 Å². The lowest BCUT2D eigenvalue weighted by molar-refractivity contribution is -0.153. The Bertz CT molecular complexity index is 1480. The maximum absolute atomic E-state index is 14.8. The van der Waals surface area contributed by atoms with Crippen molar-refractivity contribution in [1.29, 1.82) is 0 Å². The third kappa shape index (κ3) is 4.88. The number of aromatic hydroxyl groups is 1. The molecular formula is C30H36F3N3O8. The second-order valence-corrected chi connectivity index (χ2v) is 12.5. The maximum atomic E-state index is 14.8. The second-order valence-electron chi connectivity index (χ2n) is 12.5. The van der Waals surface area contributed by atoms with E-state index in [4.69, 9.17) is 5.73 Å². The smallest absolute Gasteiger partial charge is 0.417 e. The van der Waals surface area contributed by atoms with Gasteiger partial charge in [0.15, 0.2) is 11.4 Å². The maximum Gasteiger partial charge on any atom is 0.417 e. The minimum absolute atomic E-state index is 0.0359. The molecule has 1 amide bonds. The molecule has 2 fully saturated rings. The molecule has 0 bridgehead atoms. The number of aliphatic hydroxyl groups is 4. The Labute approximate surface area is 251 Å². The molecule has 4 aliphatic rings. The zero-order valence-electron chi connectivity index (χ0n) is 24.3. The van der Waals surface area contributed by atoms with Gasteiger partial charge in [0.25, 0.3) is 5.91 Å². The quantitative estimate of drug-likeness (QED) is 0.254. The molecule has 4 atom stereocenters. The van der Waals surface area contributed by atoms with Crippen molar-refractivity contribution in [3.8, 4) is 5.75 Å². The summed E-state index contributed by atoms with van der Waals surface area (Å²) in [5.74, 6) is -8.81. The van der Waals surface area contributed by atoms with Crippen molar-refractivity contribution < 1.29 is 53.1 Å². The highest BCUT2D eigenvalue weighted by molar-refractivity contribution is 6.24. The van der Waals surface area contributed by atoms with Crippen LogP contribution in [0.25, 0.3) is 5.76 Å². The van der Waals surface area contributed by atoms with Crippen LogP contribution in [0.4, 0.5) is 13.2 Å². The number of nitrogens with zero attached hydrogens (tertiary/aromatic N) is 2. The van der Waals surface area contributed by atoms with Crippen LogP contribution in [0.2, 0.25) is 0 Å². The van der Waals surface area contributed by atoms with E-state index in [0.717, 1.165) is 6.07 Å².